The molecule has 0 radical (unpaired) electrons. The molecular formula is C23H22N6O2. The molecule has 0 amide bonds. The van der Waals surface area contributed by atoms with Crippen molar-refractivity contribution in [2.75, 3.05) is 5.73 Å². The molecule has 8 heteroatoms. The van der Waals surface area contributed by atoms with E-state index in [9.17, 15) is 5.11 Å². The molecule has 31 heavy (non-hydrogen) atoms. The summed E-state index contributed by atoms with van der Waals surface area (Å²) in [5, 5.41) is 15.3. The Morgan fingerprint density at radius 2 is 1.97 bits per heavy atom. The van der Waals surface area contributed by atoms with Crippen LogP contribution in [-0.4, -0.2) is 35.4 Å². The van der Waals surface area contributed by atoms with E-state index in [1.54, 1.807) is 12.5 Å². The lowest BCUT2D eigenvalue weighted by Crippen LogP contribution is -2.21. The third-order valence-electron chi connectivity index (χ3n) is 6.26. The Hall–Kier alpha value is -3.65. The van der Waals surface area contributed by atoms with Gasteiger partial charge in [-0.15, -0.1) is 0 Å². The lowest BCUT2D eigenvalue weighted by Gasteiger charge is -2.25. The largest absolute Gasteiger partial charge is 0.452 e. The lowest BCUT2D eigenvalue weighted by molar-refractivity contribution is 0.108. The highest BCUT2D eigenvalue weighted by Crippen LogP contribution is 2.38. The van der Waals surface area contributed by atoms with Gasteiger partial charge in [-0.05, 0) is 43.9 Å². The van der Waals surface area contributed by atoms with Crippen LogP contribution in [0.5, 0.6) is 0 Å². The summed E-state index contributed by atoms with van der Waals surface area (Å²) in [4.78, 5) is 8.60. The number of nitrogen functional groups attached to an aromatic ring is 1. The molecule has 1 aliphatic rings. The van der Waals surface area contributed by atoms with Gasteiger partial charge in [0.1, 0.15) is 5.76 Å². The molecule has 5 aromatic rings. The van der Waals surface area contributed by atoms with Crippen molar-refractivity contribution in [3.63, 3.8) is 0 Å². The van der Waals surface area contributed by atoms with Crippen LogP contribution in [0.4, 0.5) is 5.82 Å². The topological polar surface area (TPSA) is 107 Å². The molecule has 0 saturated heterocycles. The number of aromatic nitrogens is 5. The molecule has 0 spiro atoms. The molecule has 6 rings (SSSR count). The van der Waals surface area contributed by atoms with Gasteiger partial charge >= 0.3 is 0 Å². The van der Waals surface area contributed by atoms with Gasteiger partial charge in [0.25, 0.3) is 0 Å². The molecular weight excluding hydrogens is 392 g/mol. The Morgan fingerprint density at radius 1 is 1.10 bits per heavy atom. The molecule has 5 aromatic heterocycles. The average molecular weight is 414 g/mol. The number of aliphatic hydroxyl groups is 1. The van der Waals surface area contributed by atoms with Crippen molar-refractivity contribution in [3.05, 3.63) is 55.5 Å². The fourth-order valence-electron chi connectivity index (χ4n) is 4.56. The fourth-order valence-corrected chi connectivity index (χ4v) is 4.56. The van der Waals surface area contributed by atoms with Gasteiger partial charge in [-0.1, -0.05) is 0 Å². The second-order valence-corrected chi connectivity index (χ2v) is 8.19. The van der Waals surface area contributed by atoms with Crippen molar-refractivity contribution in [2.45, 2.75) is 37.8 Å². The Balaban J connectivity index is 1.44. The zero-order valence-electron chi connectivity index (χ0n) is 16.8. The number of rotatable bonds is 3. The average Bonchev–Trinajstić information content (AvgIpc) is 3.53. The van der Waals surface area contributed by atoms with Gasteiger partial charge in [0.2, 0.25) is 0 Å². The van der Waals surface area contributed by atoms with Gasteiger partial charge in [-0.3, -0.25) is 4.68 Å². The molecule has 0 bridgehead atoms. The van der Waals surface area contributed by atoms with Gasteiger partial charge in [0.15, 0.2) is 11.4 Å². The van der Waals surface area contributed by atoms with E-state index < -0.39 is 0 Å². The highest BCUT2D eigenvalue weighted by Gasteiger charge is 2.22. The first-order chi connectivity index (χ1) is 15.2. The number of hydrogen-bond acceptors (Lipinski definition) is 6. The summed E-state index contributed by atoms with van der Waals surface area (Å²) in [6.07, 6.45) is 14.6. The maximum Gasteiger partial charge on any atom is 0.177 e. The number of aliphatic hydroxyl groups excluding tert-OH is 1. The van der Waals surface area contributed by atoms with Crippen LogP contribution in [0.2, 0.25) is 0 Å². The van der Waals surface area contributed by atoms with Crippen molar-refractivity contribution in [1.29, 1.82) is 0 Å². The normalized spacial score (nSPS) is 19.4. The van der Waals surface area contributed by atoms with E-state index in [1.807, 2.05) is 45.9 Å². The van der Waals surface area contributed by atoms with Crippen molar-refractivity contribution < 1.29 is 9.52 Å². The van der Waals surface area contributed by atoms with E-state index in [0.717, 1.165) is 59.0 Å². The molecule has 5 heterocycles. The van der Waals surface area contributed by atoms with Crippen LogP contribution >= 0.6 is 0 Å². The molecule has 1 saturated carbocycles. The SMILES string of the molecule is Nc1ncc(-c2cnn(C3CCC(O)CC3)c2)c2cc(-c3cccn4cncc34)oc12. The predicted octanol–water partition coefficient (Wildman–Crippen LogP) is 4.06. The number of anilines is 1. The van der Waals surface area contributed by atoms with Crippen LogP contribution in [0.25, 0.3) is 38.9 Å². The van der Waals surface area contributed by atoms with E-state index in [2.05, 4.69) is 21.3 Å². The molecule has 1 fully saturated rings. The maximum absolute atomic E-state index is 9.78. The minimum absolute atomic E-state index is 0.184. The highest BCUT2D eigenvalue weighted by atomic mass is 16.3. The third kappa shape index (κ3) is 2.98. The summed E-state index contributed by atoms with van der Waals surface area (Å²) in [5.74, 6) is 1.08. The summed E-state index contributed by atoms with van der Waals surface area (Å²) in [5.41, 5.74) is 10.5. The van der Waals surface area contributed by atoms with Crippen LogP contribution in [0.15, 0.2) is 59.9 Å². The lowest BCUT2D eigenvalue weighted by atomic mass is 9.93. The van der Waals surface area contributed by atoms with Crippen LogP contribution in [0, 0.1) is 0 Å². The number of nitrogens with two attached hydrogens (primary N) is 1. The van der Waals surface area contributed by atoms with Crippen molar-refractivity contribution in [1.82, 2.24) is 24.1 Å². The maximum atomic E-state index is 9.78. The smallest absolute Gasteiger partial charge is 0.177 e. The van der Waals surface area contributed by atoms with E-state index in [4.69, 9.17) is 10.2 Å². The van der Waals surface area contributed by atoms with Crippen LogP contribution in [0.3, 0.4) is 0 Å². The monoisotopic (exact) mass is 414 g/mol. The van der Waals surface area contributed by atoms with Crippen molar-refractivity contribution >= 4 is 22.3 Å². The van der Waals surface area contributed by atoms with E-state index >= 15 is 0 Å². The minimum Gasteiger partial charge on any atom is -0.452 e. The Morgan fingerprint density at radius 3 is 2.84 bits per heavy atom. The first-order valence-corrected chi connectivity index (χ1v) is 10.5. The van der Waals surface area contributed by atoms with Crippen LogP contribution in [-0.2, 0) is 0 Å². The van der Waals surface area contributed by atoms with E-state index in [0.29, 0.717) is 17.4 Å². The first kappa shape index (κ1) is 18.1. The number of hydrogen-bond donors (Lipinski definition) is 2. The van der Waals surface area contributed by atoms with Crippen LogP contribution < -0.4 is 5.73 Å². The Bertz CT molecular complexity index is 1390. The molecule has 0 aliphatic heterocycles. The van der Waals surface area contributed by atoms with E-state index in [1.165, 1.54) is 0 Å². The molecule has 0 atom stereocenters. The zero-order chi connectivity index (χ0) is 20.9. The second-order valence-electron chi connectivity index (χ2n) is 8.19. The predicted molar refractivity (Wildman–Crippen MR) is 117 cm³/mol. The quantitative estimate of drug-likeness (QED) is 0.461. The summed E-state index contributed by atoms with van der Waals surface area (Å²) in [6, 6.07) is 6.30. The number of fused-ring (bicyclic) bond motifs is 2. The first-order valence-electron chi connectivity index (χ1n) is 10.5. The highest BCUT2D eigenvalue weighted by molar-refractivity contribution is 6.00. The Kier molecular flexibility index (Phi) is 4.07. The zero-order valence-corrected chi connectivity index (χ0v) is 16.8. The number of pyridine rings is 2. The molecule has 8 nitrogen and oxygen atoms in total. The summed E-state index contributed by atoms with van der Waals surface area (Å²) in [7, 11) is 0. The van der Waals surface area contributed by atoms with E-state index in [-0.39, 0.29) is 6.10 Å². The number of nitrogens with zero attached hydrogens (tertiary/aromatic N) is 5. The molecule has 0 aromatic carbocycles. The number of imidazole rings is 1. The van der Waals surface area contributed by atoms with Gasteiger partial charge in [0, 0.05) is 40.7 Å². The van der Waals surface area contributed by atoms with Crippen LogP contribution in [0.1, 0.15) is 31.7 Å². The molecule has 0 unspecified atom stereocenters. The van der Waals surface area contributed by atoms with Crippen molar-refractivity contribution in [3.8, 4) is 22.5 Å². The van der Waals surface area contributed by atoms with Gasteiger partial charge < -0.3 is 19.7 Å². The van der Waals surface area contributed by atoms with Gasteiger partial charge in [-0.25, -0.2) is 9.97 Å². The Labute approximate surface area is 178 Å². The second kappa shape index (κ2) is 6.95. The summed E-state index contributed by atoms with van der Waals surface area (Å²) in [6.45, 7) is 0. The van der Waals surface area contributed by atoms with Gasteiger partial charge in [-0.2, -0.15) is 5.10 Å². The minimum atomic E-state index is -0.184. The summed E-state index contributed by atoms with van der Waals surface area (Å²) >= 11 is 0. The molecule has 3 N–H and O–H groups in total. The van der Waals surface area contributed by atoms with Crippen molar-refractivity contribution in [2.24, 2.45) is 0 Å². The van der Waals surface area contributed by atoms with Gasteiger partial charge in [0.05, 0.1) is 36.4 Å². The summed E-state index contributed by atoms with van der Waals surface area (Å²) < 4.78 is 10.1. The molecule has 156 valence electrons. The standard InChI is InChI=1S/C23H22N6O2/c24-23-22-18(8-21(31-22)17-2-1-7-28-13-25-11-20(17)28)19(10-26-23)14-9-27-29(12-14)15-3-5-16(30)6-4-15/h1-2,7-13,15-16,30H,3-6H2,(H2,24,26). The molecule has 1 aliphatic carbocycles. The third-order valence-corrected chi connectivity index (χ3v) is 6.26. The fraction of sp³-hybridized carbons (Fsp3) is 0.261. The number of furan rings is 1.